The Balaban J connectivity index is 1.32. The average Bonchev–Trinajstić information content (AvgIpc) is 3.17. The lowest BCUT2D eigenvalue weighted by molar-refractivity contribution is 0.0222. The third-order valence-electron chi connectivity index (χ3n) is 6.89. The summed E-state index contributed by atoms with van der Waals surface area (Å²) in [5, 5.41) is 0. The van der Waals surface area contributed by atoms with E-state index in [9.17, 15) is 4.79 Å². The highest BCUT2D eigenvalue weighted by molar-refractivity contribution is 5.68. The third-order valence-corrected chi connectivity index (χ3v) is 6.89. The molecular weight excluding hydrogens is 372 g/mol. The van der Waals surface area contributed by atoms with Crippen LogP contribution in [-0.2, 0) is 11.2 Å². The molecule has 4 nitrogen and oxygen atoms in total. The standard InChI is InChI=1S/C26H42N2O2/c1-26(2,3)30-25(29)27(4)24-14-13-23(19-24)20-28-17-15-22(16-18-28)12-8-11-21-9-6-5-7-10-21/h5-7,9-10,22-24H,8,11-20H2,1-4H3/t23-,24?/m1/s1. The molecule has 1 aliphatic heterocycles. The van der Waals surface area contributed by atoms with E-state index in [1.54, 1.807) is 0 Å². The van der Waals surface area contributed by atoms with E-state index in [2.05, 4.69) is 35.2 Å². The number of hydrogen-bond donors (Lipinski definition) is 0. The van der Waals surface area contributed by atoms with E-state index in [-0.39, 0.29) is 6.09 Å². The Labute approximate surface area is 184 Å². The number of hydrogen-bond acceptors (Lipinski definition) is 3. The Morgan fingerprint density at radius 3 is 2.43 bits per heavy atom. The lowest BCUT2D eigenvalue weighted by Gasteiger charge is -2.34. The van der Waals surface area contributed by atoms with Crippen molar-refractivity contribution >= 4 is 6.09 Å². The predicted molar refractivity (Wildman–Crippen MR) is 124 cm³/mol. The highest BCUT2D eigenvalue weighted by Crippen LogP contribution is 2.32. The summed E-state index contributed by atoms with van der Waals surface area (Å²) in [4.78, 5) is 16.9. The van der Waals surface area contributed by atoms with Crippen molar-refractivity contribution in [2.75, 3.05) is 26.7 Å². The lowest BCUT2D eigenvalue weighted by atomic mass is 9.90. The molecule has 4 heteroatoms. The molecule has 0 spiro atoms. The van der Waals surface area contributed by atoms with E-state index in [4.69, 9.17) is 4.74 Å². The van der Waals surface area contributed by atoms with Gasteiger partial charge in [0, 0.05) is 19.6 Å². The second-order valence-electron chi connectivity index (χ2n) is 10.5. The molecule has 1 aromatic carbocycles. The zero-order chi connectivity index (χ0) is 21.6. The van der Waals surface area contributed by atoms with E-state index in [0.29, 0.717) is 6.04 Å². The highest BCUT2D eigenvalue weighted by Gasteiger charge is 2.33. The molecule has 30 heavy (non-hydrogen) atoms. The molecule has 0 bridgehead atoms. The first-order valence-corrected chi connectivity index (χ1v) is 12.0. The van der Waals surface area contributed by atoms with E-state index in [0.717, 1.165) is 24.7 Å². The number of piperidine rings is 1. The van der Waals surface area contributed by atoms with Crippen LogP contribution in [0.4, 0.5) is 4.79 Å². The van der Waals surface area contributed by atoms with Gasteiger partial charge in [0.05, 0.1) is 0 Å². The van der Waals surface area contributed by atoms with E-state index < -0.39 is 5.60 Å². The number of ether oxygens (including phenoxy) is 1. The smallest absolute Gasteiger partial charge is 0.410 e. The fourth-order valence-electron chi connectivity index (χ4n) is 5.11. The molecule has 0 N–H and O–H groups in total. The molecule has 2 atom stereocenters. The summed E-state index contributed by atoms with van der Waals surface area (Å²) in [5.41, 5.74) is 1.05. The van der Waals surface area contributed by atoms with Crippen molar-refractivity contribution in [1.82, 2.24) is 9.80 Å². The molecular formula is C26H42N2O2. The van der Waals surface area contributed by atoms with Crippen molar-refractivity contribution in [2.45, 2.75) is 83.8 Å². The minimum Gasteiger partial charge on any atom is -0.444 e. The Kier molecular flexibility index (Phi) is 8.21. The average molecular weight is 415 g/mol. The molecule has 1 saturated heterocycles. The van der Waals surface area contributed by atoms with Crippen LogP contribution in [-0.4, -0.2) is 54.2 Å². The Hall–Kier alpha value is -1.55. The van der Waals surface area contributed by atoms with E-state index in [1.807, 2.05) is 32.7 Å². The molecule has 0 aromatic heterocycles. The molecule has 0 radical (unpaired) electrons. The van der Waals surface area contributed by atoms with Crippen LogP contribution in [0.3, 0.4) is 0 Å². The van der Waals surface area contributed by atoms with Gasteiger partial charge in [0.15, 0.2) is 0 Å². The number of aryl methyl sites for hydroxylation is 1. The minimum atomic E-state index is -0.422. The summed E-state index contributed by atoms with van der Waals surface area (Å²) in [6.45, 7) is 9.50. The van der Waals surface area contributed by atoms with Crippen molar-refractivity contribution in [3.8, 4) is 0 Å². The largest absolute Gasteiger partial charge is 0.444 e. The van der Waals surface area contributed by atoms with Crippen LogP contribution >= 0.6 is 0 Å². The van der Waals surface area contributed by atoms with Crippen molar-refractivity contribution in [2.24, 2.45) is 11.8 Å². The van der Waals surface area contributed by atoms with Gasteiger partial charge in [-0.25, -0.2) is 4.79 Å². The van der Waals surface area contributed by atoms with Crippen LogP contribution in [0, 0.1) is 11.8 Å². The van der Waals surface area contributed by atoms with Crippen LogP contribution in [0.1, 0.15) is 71.3 Å². The van der Waals surface area contributed by atoms with Gasteiger partial charge in [-0.15, -0.1) is 0 Å². The van der Waals surface area contributed by atoms with Crippen molar-refractivity contribution in [1.29, 1.82) is 0 Å². The number of nitrogens with zero attached hydrogens (tertiary/aromatic N) is 2. The van der Waals surface area contributed by atoms with Crippen LogP contribution < -0.4 is 0 Å². The van der Waals surface area contributed by atoms with Gasteiger partial charge in [0.25, 0.3) is 0 Å². The highest BCUT2D eigenvalue weighted by atomic mass is 16.6. The van der Waals surface area contributed by atoms with Gasteiger partial charge in [-0.3, -0.25) is 0 Å². The summed E-state index contributed by atoms with van der Waals surface area (Å²) in [6, 6.07) is 11.2. The number of likely N-dealkylation sites (tertiary alicyclic amines) is 1. The molecule has 1 unspecified atom stereocenters. The molecule has 1 aliphatic carbocycles. The second-order valence-corrected chi connectivity index (χ2v) is 10.5. The fraction of sp³-hybridized carbons (Fsp3) is 0.731. The van der Waals surface area contributed by atoms with Gasteiger partial charge in [-0.1, -0.05) is 36.8 Å². The summed E-state index contributed by atoms with van der Waals surface area (Å²) >= 11 is 0. The molecule has 168 valence electrons. The third kappa shape index (κ3) is 7.30. The van der Waals surface area contributed by atoms with Crippen molar-refractivity contribution in [3.63, 3.8) is 0 Å². The SMILES string of the molecule is CN(C(=O)OC(C)(C)C)C1CC[C@@H](CN2CCC(CCCc3ccccc3)CC2)C1. The van der Waals surface area contributed by atoms with Gasteiger partial charge in [0.1, 0.15) is 5.60 Å². The first-order valence-electron chi connectivity index (χ1n) is 12.0. The number of amides is 1. The molecule has 1 aromatic rings. The van der Waals surface area contributed by atoms with E-state index in [1.165, 1.54) is 63.7 Å². The van der Waals surface area contributed by atoms with Gasteiger partial charge in [-0.05, 0) is 96.2 Å². The zero-order valence-corrected chi connectivity index (χ0v) is 19.6. The van der Waals surface area contributed by atoms with Crippen molar-refractivity contribution in [3.05, 3.63) is 35.9 Å². The molecule has 3 rings (SSSR count). The summed E-state index contributed by atoms with van der Waals surface area (Å²) < 4.78 is 5.55. The van der Waals surface area contributed by atoms with Gasteiger partial charge in [-0.2, -0.15) is 0 Å². The Morgan fingerprint density at radius 2 is 1.77 bits per heavy atom. The van der Waals surface area contributed by atoms with E-state index >= 15 is 0 Å². The quantitative estimate of drug-likeness (QED) is 0.569. The number of carbonyl (C=O) groups is 1. The second kappa shape index (κ2) is 10.7. The molecule has 1 amide bonds. The summed E-state index contributed by atoms with van der Waals surface area (Å²) in [6.07, 6.45) is 9.88. The van der Waals surface area contributed by atoms with Gasteiger partial charge in [0.2, 0.25) is 0 Å². The number of carbonyl (C=O) groups excluding carboxylic acids is 1. The van der Waals surface area contributed by atoms with Crippen LogP contribution in [0.25, 0.3) is 0 Å². The lowest BCUT2D eigenvalue weighted by Crippen LogP contribution is -2.40. The monoisotopic (exact) mass is 414 g/mol. The molecule has 1 heterocycles. The van der Waals surface area contributed by atoms with Gasteiger partial charge >= 0.3 is 6.09 Å². The molecule has 2 aliphatic rings. The van der Waals surface area contributed by atoms with Crippen LogP contribution in [0.15, 0.2) is 30.3 Å². The van der Waals surface area contributed by atoms with Crippen LogP contribution in [0.2, 0.25) is 0 Å². The fourth-order valence-corrected chi connectivity index (χ4v) is 5.11. The Morgan fingerprint density at radius 1 is 1.07 bits per heavy atom. The number of benzene rings is 1. The van der Waals surface area contributed by atoms with Gasteiger partial charge < -0.3 is 14.5 Å². The maximum absolute atomic E-state index is 12.3. The minimum absolute atomic E-state index is 0.176. The first-order chi connectivity index (χ1) is 14.3. The molecule has 1 saturated carbocycles. The summed E-state index contributed by atoms with van der Waals surface area (Å²) in [7, 11) is 1.90. The summed E-state index contributed by atoms with van der Waals surface area (Å²) in [5.74, 6) is 1.62. The van der Waals surface area contributed by atoms with Crippen molar-refractivity contribution < 1.29 is 9.53 Å². The first kappa shape index (κ1) is 23.1. The predicted octanol–water partition coefficient (Wildman–Crippen LogP) is 5.76. The topological polar surface area (TPSA) is 32.8 Å². The van der Waals surface area contributed by atoms with Crippen LogP contribution in [0.5, 0.6) is 0 Å². The Bertz CT molecular complexity index is 647. The zero-order valence-electron chi connectivity index (χ0n) is 19.6. The maximum Gasteiger partial charge on any atom is 0.410 e. The number of rotatable bonds is 7. The maximum atomic E-state index is 12.3. The normalized spacial score (nSPS) is 23.5. The molecule has 2 fully saturated rings.